The standard InChI is InChI=1S/C16H16N2O6/c19-7-2-8-24-11-4-1-3-9-13(11)16(23)18(15(9)22)10-5-6-12(20)17-14(10)21/h1,3-4,10,19H,2,5-8H2,(H,17,20,21). The van der Waals surface area contributed by atoms with Gasteiger partial charge >= 0.3 is 0 Å². The first-order valence-corrected chi connectivity index (χ1v) is 7.63. The number of hydrogen-bond acceptors (Lipinski definition) is 6. The third-order valence-electron chi connectivity index (χ3n) is 3.99. The summed E-state index contributed by atoms with van der Waals surface area (Å²) in [6, 6.07) is 3.66. The van der Waals surface area contributed by atoms with Crippen LogP contribution in [0, 0.1) is 0 Å². The predicted octanol–water partition coefficient (Wildman–Crippen LogP) is -0.151. The molecule has 1 aromatic rings. The van der Waals surface area contributed by atoms with Gasteiger partial charge < -0.3 is 9.84 Å². The van der Waals surface area contributed by atoms with E-state index in [2.05, 4.69) is 5.32 Å². The lowest BCUT2D eigenvalue weighted by Gasteiger charge is -2.27. The average Bonchev–Trinajstić information content (AvgIpc) is 2.81. The lowest BCUT2D eigenvalue weighted by molar-refractivity contribution is -0.136. The molecule has 0 radical (unpaired) electrons. The molecule has 3 rings (SSSR count). The normalized spacial score (nSPS) is 20.2. The van der Waals surface area contributed by atoms with Crippen molar-refractivity contribution in [3.63, 3.8) is 0 Å². The molecule has 8 heteroatoms. The maximum absolute atomic E-state index is 12.7. The van der Waals surface area contributed by atoms with Gasteiger partial charge in [0.1, 0.15) is 11.8 Å². The third kappa shape index (κ3) is 2.65. The van der Waals surface area contributed by atoms with Crippen molar-refractivity contribution in [1.29, 1.82) is 0 Å². The van der Waals surface area contributed by atoms with E-state index in [0.717, 1.165) is 4.90 Å². The predicted molar refractivity (Wildman–Crippen MR) is 80.3 cm³/mol. The Balaban J connectivity index is 1.89. The Morgan fingerprint density at radius 2 is 2.00 bits per heavy atom. The number of aliphatic hydroxyl groups is 1. The van der Waals surface area contributed by atoms with Crippen LogP contribution < -0.4 is 10.1 Å². The summed E-state index contributed by atoms with van der Waals surface area (Å²) >= 11 is 0. The number of hydrogen-bond donors (Lipinski definition) is 2. The zero-order chi connectivity index (χ0) is 17.3. The molecule has 1 aromatic carbocycles. The largest absolute Gasteiger partial charge is 0.493 e. The van der Waals surface area contributed by atoms with E-state index in [1.165, 1.54) is 6.07 Å². The SMILES string of the molecule is O=C1CCC(N2C(=O)c3cccc(OCCCO)c3C2=O)C(=O)N1. The minimum Gasteiger partial charge on any atom is -0.493 e. The van der Waals surface area contributed by atoms with Crippen molar-refractivity contribution in [2.24, 2.45) is 0 Å². The number of piperidine rings is 1. The molecule has 2 heterocycles. The second-order valence-electron chi connectivity index (χ2n) is 5.55. The first-order valence-electron chi connectivity index (χ1n) is 7.63. The molecule has 2 aliphatic heterocycles. The zero-order valence-corrected chi connectivity index (χ0v) is 12.8. The van der Waals surface area contributed by atoms with Crippen LogP contribution in [0.15, 0.2) is 18.2 Å². The van der Waals surface area contributed by atoms with Crippen LogP contribution in [0.4, 0.5) is 0 Å². The molecule has 0 saturated carbocycles. The van der Waals surface area contributed by atoms with Gasteiger partial charge in [-0.15, -0.1) is 0 Å². The van der Waals surface area contributed by atoms with Crippen LogP contribution in [0.2, 0.25) is 0 Å². The van der Waals surface area contributed by atoms with Crippen LogP contribution >= 0.6 is 0 Å². The molecular formula is C16H16N2O6. The Bertz CT molecular complexity index is 729. The Morgan fingerprint density at radius 1 is 1.21 bits per heavy atom. The molecule has 2 aliphatic rings. The number of nitrogens with zero attached hydrogens (tertiary/aromatic N) is 1. The van der Waals surface area contributed by atoms with Crippen molar-refractivity contribution >= 4 is 23.6 Å². The van der Waals surface area contributed by atoms with E-state index >= 15 is 0 Å². The zero-order valence-electron chi connectivity index (χ0n) is 12.8. The van der Waals surface area contributed by atoms with E-state index in [4.69, 9.17) is 9.84 Å². The highest BCUT2D eigenvalue weighted by Gasteiger charge is 2.45. The van der Waals surface area contributed by atoms with Crippen LogP contribution in [0.3, 0.4) is 0 Å². The summed E-state index contributed by atoms with van der Waals surface area (Å²) in [5, 5.41) is 11.0. The molecule has 24 heavy (non-hydrogen) atoms. The number of rotatable bonds is 5. The van der Waals surface area contributed by atoms with Crippen molar-refractivity contribution in [2.75, 3.05) is 13.2 Å². The minimum absolute atomic E-state index is 0.0513. The van der Waals surface area contributed by atoms with E-state index in [1.54, 1.807) is 12.1 Å². The topological polar surface area (TPSA) is 113 Å². The van der Waals surface area contributed by atoms with Crippen LogP contribution in [-0.4, -0.2) is 52.9 Å². The molecule has 4 amide bonds. The molecule has 8 nitrogen and oxygen atoms in total. The lowest BCUT2D eigenvalue weighted by atomic mass is 10.0. The molecular weight excluding hydrogens is 316 g/mol. The molecule has 1 atom stereocenters. The lowest BCUT2D eigenvalue weighted by Crippen LogP contribution is -2.54. The van der Waals surface area contributed by atoms with Gasteiger partial charge in [-0.25, -0.2) is 0 Å². The molecule has 0 bridgehead atoms. The van der Waals surface area contributed by atoms with Gasteiger partial charge in [0.25, 0.3) is 11.8 Å². The molecule has 0 aliphatic carbocycles. The van der Waals surface area contributed by atoms with Crippen LogP contribution in [0.5, 0.6) is 5.75 Å². The first kappa shape index (κ1) is 16.1. The quantitative estimate of drug-likeness (QED) is 0.573. The molecule has 1 saturated heterocycles. The number of aliphatic hydroxyl groups excluding tert-OH is 1. The van der Waals surface area contributed by atoms with Crippen LogP contribution in [0.25, 0.3) is 0 Å². The van der Waals surface area contributed by atoms with Crippen molar-refractivity contribution in [3.8, 4) is 5.75 Å². The summed E-state index contributed by atoms with van der Waals surface area (Å²) in [5.41, 5.74) is 0.288. The summed E-state index contributed by atoms with van der Waals surface area (Å²) in [6.07, 6.45) is 0.573. The van der Waals surface area contributed by atoms with E-state index in [1.807, 2.05) is 0 Å². The number of imide groups is 2. The Hall–Kier alpha value is -2.74. The highest BCUT2D eigenvalue weighted by molar-refractivity contribution is 6.24. The van der Waals surface area contributed by atoms with Crippen LogP contribution in [-0.2, 0) is 9.59 Å². The second-order valence-corrected chi connectivity index (χ2v) is 5.55. The van der Waals surface area contributed by atoms with Gasteiger partial charge in [0, 0.05) is 19.4 Å². The van der Waals surface area contributed by atoms with E-state index in [9.17, 15) is 19.2 Å². The molecule has 1 unspecified atom stereocenters. The molecule has 126 valence electrons. The second kappa shape index (κ2) is 6.40. The summed E-state index contributed by atoms with van der Waals surface area (Å²) in [6.45, 7) is 0.150. The van der Waals surface area contributed by atoms with Gasteiger partial charge in [0.15, 0.2) is 0 Å². The minimum atomic E-state index is -1.000. The Kier molecular flexibility index (Phi) is 4.30. The molecule has 2 N–H and O–H groups in total. The summed E-state index contributed by atoms with van der Waals surface area (Å²) in [5.74, 6) is -2.00. The van der Waals surface area contributed by atoms with Gasteiger partial charge in [-0.1, -0.05) is 6.07 Å². The number of carbonyl (C=O) groups is 4. The first-order chi connectivity index (χ1) is 11.5. The van der Waals surface area contributed by atoms with Crippen molar-refractivity contribution < 1.29 is 29.0 Å². The number of benzene rings is 1. The maximum atomic E-state index is 12.7. The Morgan fingerprint density at radius 3 is 2.71 bits per heavy atom. The number of carbonyl (C=O) groups excluding carboxylic acids is 4. The van der Waals surface area contributed by atoms with Crippen molar-refractivity contribution in [1.82, 2.24) is 10.2 Å². The molecule has 0 aromatic heterocycles. The summed E-state index contributed by atoms with van der Waals surface area (Å²) in [4.78, 5) is 49.4. The van der Waals surface area contributed by atoms with E-state index in [-0.39, 0.29) is 42.9 Å². The monoisotopic (exact) mass is 332 g/mol. The maximum Gasteiger partial charge on any atom is 0.266 e. The highest BCUT2D eigenvalue weighted by Crippen LogP contribution is 2.33. The number of fused-ring (bicyclic) bond motifs is 1. The van der Waals surface area contributed by atoms with E-state index in [0.29, 0.717) is 6.42 Å². The van der Waals surface area contributed by atoms with Crippen molar-refractivity contribution in [2.45, 2.75) is 25.3 Å². The number of nitrogens with one attached hydrogen (secondary N) is 1. The van der Waals surface area contributed by atoms with Gasteiger partial charge in [-0.2, -0.15) is 0 Å². The fourth-order valence-electron chi connectivity index (χ4n) is 2.85. The third-order valence-corrected chi connectivity index (χ3v) is 3.99. The van der Waals surface area contributed by atoms with Crippen molar-refractivity contribution in [3.05, 3.63) is 29.3 Å². The average molecular weight is 332 g/mol. The highest BCUT2D eigenvalue weighted by atomic mass is 16.5. The fraction of sp³-hybridized carbons (Fsp3) is 0.375. The van der Waals surface area contributed by atoms with Gasteiger partial charge in [0.05, 0.1) is 17.7 Å². The molecule has 0 spiro atoms. The smallest absolute Gasteiger partial charge is 0.266 e. The summed E-state index contributed by atoms with van der Waals surface area (Å²) in [7, 11) is 0. The van der Waals surface area contributed by atoms with E-state index < -0.39 is 29.7 Å². The van der Waals surface area contributed by atoms with Gasteiger partial charge in [-0.05, 0) is 18.6 Å². The Labute approximate surface area is 137 Å². The van der Waals surface area contributed by atoms with Crippen LogP contribution in [0.1, 0.15) is 40.0 Å². The molecule has 1 fully saturated rings. The van der Waals surface area contributed by atoms with Gasteiger partial charge in [0.2, 0.25) is 11.8 Å². The number of ether oxygens (including phenoxy) is 1. The number of amides is 4. The fourth-order valence-corrected chi connectivity index (χ4v) is 2.85. The summed E-state index contributed by atoms with van der Waals surface area (Å²) < 4.78 is 5.47. The van der Waals surface area contributed by atoms with Gasteiger partial charge in [-0.3, -0.25) is 29.4 Å².